The Balaban J connectivity index is 1.45. The van der Waals surface area contributed by atoms with Gasteiger partial charge in [0.05, 0.1) is 0 Å². The highest BCUT2D eigenvalue weighted by atomic mass is 19.4. The Hall–Kier alpha value is -2.41. The second-order valence-electron chi connectivity index (χ2n) is 8.61. The highest BCUT2D eigenvalue weighted by Crippen LogP contribution is 2.47. The van der Waals surface area contributed by atoms with Gasteiger partial charge in [0.2, 0.25) is 0 Å². The van der Waals surface area contributed by atoms with Crippen LogP contribution in [-0.4, -0.2) is 6.36 Å². The van der Waals surface area contributed by atoms with E-state index in [1.807, 2.05) is 0 Å². The van der Waals surface area contributed by atoms with Gasteiger partial charge in [0.1, 0.15) is 5.75 Å². The Morgan fingerprint density at radius 3 is 2.43 bits per heavy atom. The van der Waals surface area contributed by atoms with E-state index in [1.54, 1.807) is 12.1 Å². The number of alkyl halides is 3. The van der Waals surface area contributed by atoms with Crippen molar-refractivity contribution in [1.82, 2.24) is 0 Å². The molecule has 3 unspecified atom stereocenters. The number of ether oxygens (including phenoxy) is 1. The zero-order valence-corrected chi connectivity index (χ0v) is 17.3. The van der Waals surface area contributed by atoms with E-state index in [-0.39, 0.29) is 5.75 Å². The van der Waals surface area contributed by atoms with Crippen LogP contribution in [0.25, 0.3) is 0 Å². The van der Waals surface area contributed by atoms with Gasteiger partial charge in [-0.05, 0) is 97.4 Å². The smallest absolute Gasteiger partial charge is 0.406 e. The standard InChI is InChI=1S/C26H27F3O/c1-2-3-19-8-14-24-21(16-19)10-11-22-17-20(9-15-25(22)24)5-4-18-6-12-23(13-7-18)30-26(27,28)29/h6-7,9,12-13,15,17,19,21,24H,2-3,8,10-11,14,16H2,1H3. The van der Waals surface area contributed by atoms with Crippen molar-refractivity contribution in [1.29, 1.82) is 0 Å². The molecule has 3 atom stereocenters. The molecule has 0 N–H and O–H groups in total. The lowest BCUT2D eigenvalue weighted by Crippen LogP contribution is -2.28. The molecule has 0 amide bonds. The fraction of sp³-hybridized carbons (Fsp3) is 0.462. The summed E-state index contributed by atoms with van der Waals surface area (Å²) in [5.41, 5.74) is 4.56. The summed E-state index contributed by atoms with van der Waals surface area (Å²) < 4.78 is 40.7. The van der Waals surface area contributed by atoms with E-state index in [2.05, 4.69) is 41.7 Å². The van der Waals surface area contributed by atoms with Crippen molar-refractivity contribution in [3.63, 3.8) is 0 Å². The van der Waals surface area contributed by atoms with Crippen LogP contribution in [0.5, 0.6) is 5.75 Å². The minimum Gasteiger partial charge on any atom is -0.406 e. The third-order valence-electron chi connectivity index (χ3n) is 6.55. The van der Waals surface area contributed by atoms with Crippen LogP contribution in [0.3, 0.4) is 0 Å². The van der Waals surface area contributed by atoms with Crippen LogP contribution >= 0.6 is 0 Å². The lowest BCUT2D eigenvalue weighted by molar-refractivity contribution is -0.274. The first-order valence-corrected chi connectivity index (χ1v) is 10.9. The maximum absolute atomic E-state index is 12.3. The van der Waals surface area contributed by atoms with E-state index in [0.717, 1.165) is 23.8 Å². The molecule has 4 heteroatoms. The Morgan fingerprint density at radius 2 is 1.70 bits per heavy atom. The fourth-order valence-electron chi connectivity index (χ4n) is 5.25. The molecule has 2 aromatic carbocycles. The molecule has 0 saturated heterocycles. The van der Waals surface area contributed by atoms with E-state index in [9.17, 15) is 13.2 Å². The van der Waals surface area contributed by atoms with Gasteiger partial charge in [0.15, 0.2) is 0 Å². The zero-order valence-electron chi connectivity index (χ0n) is 17.3. The number of fused-ring (bicyclic) bond motifs is 3. The molecule has 0 aliphatic heterocycles. The summed E-state index contributed by atoms with van der Waals surface area (Å²) in [5.74, 6) is 8.42. The highest BCUT2D eigenvalue weighted by molar-refractivity contribution is 5.48. The minimum atomic E-state index is -4.68. The third kappa shape index (κ3) is 5.01. The average molecular weight is 412 g/mol. The molecule has 4 rings (SSSR count). The predicted molar refractivity (Wildman–Crippen MR) is 112 cm³/mol. The van der Waals surface area contributed by atoms with Gasteiger partial charge in [-0.2, -0.15) is 0 Å². The molecule has 0 spiro atoms. The molecular weight excluding hydrogens is 385 g/mol. The molecular formula is C26H27F3O. The average Bonchev–Trinajstić information content (AvgIpc) is 2.72. The topological polar surface area (TPSA) is 9.23 Å². The highest BCUT2D eigenvalue weighted by Gasteiger charge is 2.34. The molecule has 1 nitrogen and oxygen atoms in total. The number of hydrogen-bond acceptors (Lipinski definition) is 1. The molecule has 158 valence electrons. The normalized spacial score (nSPS) is 23.0. The molecule has 0 radical (unpaired) electrons. The summed E-state index contributed by atoms with van der Waals surface area (Å²) in [6.45, 7) is 2.29. The molecule has 30 heavy (non-hydrogen) atoms. The van der Waals surface area contributed by atoms with Crippen molar-refractivity contribution in [2.45, 2.75) is 64.1 Å². The van der Waals surface area contributed by atoms with Gasteiger partial charge in [-0.25, -0.2) is 0 Å². The summed E-state index contributed by atoms with van der Waals surface area (Å²) in [5, 5.41) is 0. The number of benzene rings is 2. The van der Waals surface area contributed by atoms with Crippen molar-refractivity contribution in [2.24, 2.45) is 11.8 Å². The van der Waals surface area contributed by atoms with Gasteiger partial charge >= 0.3 is 6.36 Å². The van der Waals surface area contributed by atoms with E-state index in [4.69, 9.17) is 0 Å². The Labute approximate surface area is 176 Å². The van der Waals surface area contributed by atoms with Gasteiger partial charge in [0, 0.05) is 11.1 Å². The van der Waals surface area contributed by atoms with Crippen LogP contribution in [0.4, 0.5) is 13.2 Å². The van der Waals surface area contributed by atoms with Gasteiger partial charge in [-0.15, -0.1) is 13.2 Å². The number of aryl methyl sites for hydroxylation is 1. The van der Waals surface area contributed by atoms with Crippen molar-refractivity contribution < 1.29 is 17.9 Å². The van der Waals surface area contributed by atoms with E-state index >= 15 is 0 Å². The Kier molecular flexibility index (Phi) is 6.09. The molecule has 0 aromatic heterocycles. The molecule has 1 saturated carbocycles. The number of hydrogen-bond donors (Lipinski definition) is 0. The first-order chi connectivity index (χ1) is 14.4. The monoisotopic (exact) mass is 412 g/mol. The number of rotatable bonds is 3. The summed E-state index contributed by atoms with van der Waals surface area (Å²) in [4.78, 5) is 0. The van der Waals surface area contributed by atoms with E-state index in [0.29, 0.717) is 11.5 Å². The molecule has 2 aliphatic rings. The fourth-order valence-corrected chi connectivity index (χ4v) is 5.25. The number of halogens is 3. The van der Waals surface area contributed by atoms with Crippen molar-refractivity contribution in [3.05, 3.63) is 64.7 Å². The molecule has 0 heterocycles. The third-order valence-corrected chi connectivity index (χ3v) is 6.55. The van der Waals surface area contributed by atoms with Crippen LogP contribution in [0, 0.1) is 23.7 Å². The van der Waals surface area contributed by atoms with Crippen LogP contribution in [0.15, 0.2) is 42.5 Å². The maximum atomic E-state index is 12.3. The van der Waals surface area contributed by atoms with Crippen molar-refractivity contribution >= 4 is 0 Å². The minimum absolute atomic E-state index is 0.231. The van der Waals surface area contributed by atoms with Gasteiger partial charge in [-0.1, -0.05) is 37.7 Å². The molecule has 2 aliphatic carbocycles. The lowest BCUT2D eigenvalue weighted by atomic mass is 9.64. The maximum Gasteiger partial charge on any atom is 0.573 e. The summed E-state index contributed by atoms with van der Waals surface area (Å²) >= 11 is 0. The predicted octanol–water partition coefficient (Wildman–Crippen LogP) is 7.23. The van der Waals surface area contributed by atoms with Crippen molar-refractivity contribution in [3.8, 4) is 17.6 Å². The van der Waals surface area contributed by atoms with Crippen LogP contribution in [0.1, 0.15) is 73.6 Å². The zero-order chi connectivity index (χ0) is 21.1. The second-order valence-corrected chi connectivity index (χ2v) is 8.61. The summed E-state index contributed by atoms with van der Waals surface area (Å²) in [6.07, 6.45) is 4.42. The van der Waals surface area contributed by atoms with E-state index in [1.165, 1.54) is 61.8 Å². The summed E-state index contributed by atoms with van der Waals surface area (Å²) in [6, 6.07) is 12.2. The summed E-state index contributed by atoms with van der Waals surface area (Å²) in [7, 11) is 0. The van der Waals surface area contributed by atoms with Crippen LogP contribution < -0.4 is 4.74 Å². The first-order valence-electron chi connectivity index (χ1n) is 10.9. The van der Waals surface area contributed by atoms with Crippen molar-refractivity contribution in [2.75, 3.05) is 0 Å². The SMILES string of the molecule is CCCC1CCC2c3ccc(C#Cc4ccc(OC(F)(F)F)cc4)cc3CCC2C1. The molecule has 2 aromatic rings. The lowest BCUT2D eigenvalue weighted by Gasteiger charge is -2.40. The van der Waals surface area contributed by atoms with Gasteiger partial charge in [0.25, 0.3) is 0 Å². The van der Waals surface area contributed by atoms with Crippen LogP contribution in [-0.2, 0) is 6.42 Å². The van der Waals surface area contributed by atoms with Crippen LogP contribution in [0.2, 0.25) is 0 Å². The molecule has 0 bridgehead atoms. The first kappa shape index (κ1) is 20.8. The van der Waals surface area contributed by atoms with E-state index < -0.39 is 6.36 Å². The van der Waals surface area contributed by atoms with Gasteiger partial charge in [-0.3, -0.25) is 0 Å². The van der Waals surface area contributed by atoms with Gasteiger partial charge < -0.3 is 4.74 Å². The largest absolute Gasteiger partial charge is 0.573 e. The Bertz CT molecular complexity index is 933. The molecule has 1 fully saturated rings. The Morgan fingerprint density at radius 1 is 0.967 bits per heavy atom. The second kappa shape index (κ2) is 8.76. The quantitative estimate of drug-likeness (QED) is 0.483.